The minimum absolute atomic E-state index is 0. The lowest BCUT2D eigenvalue weighted by molar-refractivity contribution is 0.431. The van der Waals surface area contributed by atoms with Gasteiger partial charge in [0, 0.05) is 19.6 Å². The summed E-state index contributed by atoms with van der Waals surface area (Å²) in [6, 6.07) is 5.50. The van der Waals surface area contributed by atoms with Gasteiger partial charge in [-0.25, -0.2) is 8.42 Å². The Hall–Kier alpha value is -0.620. The highest BCUT2D eigenvalue weighted by Gasteiger charge is 2.26. The lowest BCUT2D eigenvalue weighted by Gasteiger charge is -2.20. The molecule has 0 unspecified atom stereocenters. The fourth-order valence-electron chi connectivity index (χ4n) is 2.29. The fourth-order valence-corrected chi connectivity index (χ4v) is 3.97. The minimum atomic E-state index is -3.34. The Bertz CT molecular complexity index is 523. The van der Waals surface area contributed by atoms with Gasteiger partial charge in [0.1, 0.15) is 0 Å². The van der Waals surface area contributed by atoms with E-state index in [1.165, 1.54) is 0 Å². The van der Waals surface area contributed by atoms with Crippen LogP contribution in [0.5, 0.6) is 0 Å². The molecule has 1 aromatic carbocycles. The first-order valence-electron chi connectivity index (χ1n) is 6.30. The molecule has 0 aliphatic carbocycles. The summed E-state index contributed by atoms with van der Waals surface area (Å²) in [4.78, 5) is 0.440. The van der Waals surface area contributed by atoms with E-state index in [1.54, 1.807) is 10.4 Å². The summed E-state index contributed by atoms with van der Waals surface area (Å²) in [5, 5.41) is 3.22. The van der Waals surface area contributed by atoms with Gasteiger partial charge in [0.2, 0.25) is 10.0 Å². The van der Waals surface area contributed by atoms with Gasteiger partial charge in [-0.2, -0.15) is 4.31 Å². The second-order valence-corrected chi connectivity index (χ2v) is 6.68. The molecule has 0 bridgehead atoms. The maximum Gasteiger partial charge on any atom is 0.243 e. The van der Waals surface area contributed by atoms with Gasteiger partial charge in [0.05, 0.1) is 4.90 Å². The van der Waals surface area contributed by atoms with Gasteiger partial charge in [-0.15, -0.1) is 12.4 Å². The molecule has 0 saturated carbocycles. The van der Waals surface area contributed by atoms with Gasteiger partial charge in [-0.3, -0.25) is 0 Å². The molecule has 1 aliphatic heterocycles. The number of nitrogens with one attached hydrogen (secondary N) is 1. The highest BCUT2D eigenvalue weighted by atomic mass is 35.5. The predicted octanol–water partition coefficient (Wildman–Crippen LogP) is 1.71. The molecule has 1 saturated heterocycles. The van der Waals surface area contributed by atoms with Crippen molar-refractivity contribution in [3.05, 3.63) is 29.3 Å². The average Bonchev–Trinajstić information content (AvgIpc) is 2.57. The molecule has 1 N–H and O–H groups in total. The molecular formula is C13H21ClN2O2S. The molecule has 0 atom stereocenters. The highest BCUT2D eigenvalue weighted by Crippen LogP contribution is 2.21. The normalized spacial score (nSPS) is 17.6. The molecule has 1 fully saturated rings. The van der Waals surface area contributed by atoms with Crippen molar-refractivity contribution in [2.24, 2.45) is 0 Å². The van der Waals surface area contributed by atoms with E-state index in [9.17, 15) is 8.42 Å². The average molecular weight is 305 g/mol. The molecule has 0 radical (unpaired) electrons. The first kappa shape index (κ1) is 16.4. The third-order valence-electron chi connectivity index (χ3n) is 3.25. The Kier molecular flexibility index (Phi) is 5.80. The number of aryl methyl sites for hydroxylation is 2. The van der Waals surface area contributed by atoms with Crippen LogP contribution in [0.3, 0.4) is 0 Å². The Morgan fingerprint density at radius 1 is 1.16 bits per heavy atom. The quantitative estimate of drug-likeness (QED) is 0.905. The first-order chi connectivity index (χ1) is 8.51. The molecule has 0 aromatic heterocycles. The van der Waals surface area contributed by atoms with Crippen molar-refractivity contribution in [2.45, 2.75) is 25.2 Å². The van der Waals surface area contributed by atoms with Gasteiger partial charge in [-0.05, 0) is 38.4 Å². The molecule has 0 amide bonds. The van der Waals surface area contributed by atoms with E-state index in [0.717, 1.165) is 30.6 Å². The van der Waals surface area contributed by atoms with Crippen LogP contribution in [-0.4, -0.2) is 38.9 Å². The van der Waals surface area contributed by atoms with Crippen molar-refractivity contribution < 1.29 is 8.42 Å². The van der Waals surface area contributed by atoms with Crippen LogP contribution >= 0.6 is 12.4 Å². The number of hydrogen-bond acceptors (Lipinski definition) is 3. The van der Waals surface area contributed by atoms with Crippen LogP contribution in [0.2, 0.25) is 0 Å². The Morgan fingerprint density at radius 3 is 2.58 bits per heavy atom. The summed E-state index contributed by atoms with van der Waals surface area (Å²) in [6.45, 7) is 6.59. The molecule has 6 heteroatoms. The summed E-state index contributed by atoms with van der Waals surface area (Å²) in [7, 11) is -3.34. The van der Waals surface area contributed by atoms with Crippen LogP contribution in [-0.2, 0) is 10.0 Å². The monoisotopic (exact) mass is 304 g/mol. The van der Waals surface area contributed by atoms with Gasteiger partial charge in [0.25, 0.3) is 0 Å². The standard InChI is InChI=1S/C13H20N2O2S.ClH/c1-11-4-5-13(12(2)10-11)18(16,17)15-8-3-6-14-7-9-15;/h4-5,10,14H,3,6-9H2,1-2H3;1H. The van der Waals surface area contributed by atoms with Crippen molar-refractivity contribution in [3.8, 4) is 0 Å². The van der Waals surface area contributed by atoms with E-state index in [1.807, 2.05) is 26.0 Å². The van der Waals surface area contributed by atoms with Crippen LogP contribution in [0.15, 0.2) is 23.1 Å². The second-order valence-electron chi connectivity index (χ2n) is 4.78. The van der Waals surface area contributed by atoms with Gasteiger partial charge in [-0.1, -0.05) is 17.7 Å². The summed E-state index contributed by atoms with van der Waals surface area (Å²) in [5.41, 5.74) is 1.91. The number of sulfonamides is 1. The minimum Gasteiger partial charge on any atom is -0.315 e. The molecular weight excluding hydrogens is 284 g/mol. The van der Waals surface area contributed by atoms with Crippen molar-refractivity contribution in [3.63, 3.8) is 0 Å². The zero-order valence-electron chi connectivity index (χ0n) is 11.3. The molecule has 108 valence electrons. The lowest BCUT2D eigenvalue weighted by Crippen LogP contribution is -2.34. The van der Waals surface area contributed by atoms with Crippen molar-refractivity contribution in [1.82, 2.24) is 9.62 Å². The summed E-state index contributed by atoms with van der Waals surface area (Å²) in [6.07, 6.45) is 0.865. The maximum atomic E-state index is 12.6. The van der Waals surface area contributed by atoms with Gasteiger partial charge >= 0.3 is 0 Å². The number of rotatable bonds is 2. The van der Waals surface area contributed by atoms with E-state index >= 15 is 0 Å². The molecule has 19 heavy (non-hydrogen) atoms. The van der Waals surface area contributed by atoms with E-state index in [2.05, 4.69) is 5.32 Å². The lowest BCUT2D eigenvalue weighted by atomic mass is 10.2. The fraction of sp³-hybridized carbons (Fsp3) is 0.538. The van der Waals surface area contributed by atoms with E-state index < -0.39 is 10.0 Å². The first-order valence-corrected chi connectivity index (χ1v) is 7.74. The molecule has 0 spiro atoms. The third-order valence-corrected chi connectivity index (χ3v) is 5.31. The van der Waals surface area contributed by atoms with Crippen molar-refractivity contribution >= 4 is 22.4 Å². The van der Waals surface area contributed by atoms with Crippen LogP contribution < -0.4 is 5.32 Å². The third kappa shape index (κ3) is 3.69. The van der Waals surface area contributed by atoms with Gasteiger partial charge < -0.3 is 5.32 Å². The van der Waals surface area contributed by atoms with Crippen LogP contribution in [0.1, 0.15) is 17.5 Å². The SMILES string of the molecule is Cc1ccc(S(=O)(=O)N2CCCNCC2)c(C)c1.Cl. The Morgan fingerprint density at radius 2 is 1.89 bits per heavy atom. The van der Waals surface area contributed by atoms with E-state index in [-0.39, 0.29) is 12.4 Å². The molecule has 1 aliphatic rings. The van der Waals surface area contributed by atoms with Crippen LogP contribution in [0, 0.1) is 13.8 Å². The Balaban J connectivity index is 0.00000180. The zero-order chi connectivity index (χ0) is 13.2. The molecule has 2 rings (SSSR count). The Labute approximate surface area is 121 Å². The topological polar surface area (TPSA) is 49.4 Å². The number of hydrogen-bond donors (Lipinski definition) is 1. The summed E-state index contributed by atoms with van der Waals surface area (Å²) < 4.78 is 26.7. The molecule has 1 aromatic rings. The molecule has 1 heterocycles. The highest BCUT2D eigenvalue weighted by molar-refractivity contribution is 7.89. The summed E-state index contributed by atoms with van der Waals surface area (Å²) in [5.74, 6) is 0. The number of nitrogens with zero attached hydrogens (tertiary/aromatic N) is 1. The van der Waals surface area contributed by atoms with E-state index in [4.69, 9.17) is 0 Å². The number of benzene rings is 1. The van der Waals surface area contributed by atoms with Crippen molar-refractivity contribution in [2.75, 3.05) is 26.2 Å². The predicted molar refractivity (Wildman–Crippen MR) is 79.4 cm³/mol. The van der Waals surface area contributed by atoms with Gasteiger partial charge in [0.15, 0.2) is 0 Å². The molecule has 4 nitrogen and oxygen atoms in total. The second kappa shape index (κ2) is 6.70. The van der Waals surface area contributed by atoms with E-state index in [0.29, 0.717) is 18.0 Å². The zero-order valence-corrected chi connectivity index (χ0v) is 13.0. The van der Waals surface area contributed by atoms with Crippen LogP contribution in [0.4, 0.5) is 0 Å². The summed E-state index contributed by atoms with van der Waals surface area (Å²) >= 11 is 0. The largest absolute Gasteiger partial charge is 0.315 e. The van der Waals surface area contributed by atoms with Crippen molar-refractivity contribution in [1.29, 1.82) is 0 Å². The smallest absolute Gasteiger partial charge is 0.243 e. The maximum absolute atomic E-state index is 12.6. The number of halogens is 1. The van der Waals surface area contributed by atoms with Crippen LogP contribution in [0.25, 0.3) is 0 Å².